The van der Waals surface area contributed by atoms with Crippen LogP contribution in [0, 0.1) is 0 Å². The van der Waals surface area contributed by atoms with Crippen molar-refractivity contribution in [3.8, 4) is 5.75 Å². The first-order valence-electron chi connectivity index (χ1n) is 5.75. The fourth-order valence-electron chi connectivity index (χ4n) is 1.86. The van der Waals surface area contributed by atoms with Gasteiger partial charge >= 0.3 is 0 Å². The number of hydrazine groups is 1. The molecular weight excluding hydrogens is 254 g/mol. The molecule has 2 atom stereocenters. The van der Waals surface area contributed by atoms with Gasteiger partial charge in [-0.15, -0.1) is 0 Å². The number of halogens is 1. The van der Waals surface area contributed by atoms with Crippen LogP contribution in [0.3, 0.4) is 0 Å². The first kappa shape index (κ1) is 13.1. The second-order valence-corrected chi connectivity index (χ2v) is 4.72. The SMILES string of the molecule is COc1ccc(NC(=O)C2CC(C)NN2)cc1Cl. The fraction of sp³-hybridized carbons (Fsp3) is 0.417. The Labute approximate surface area is 111 Å². The summed E-state index contributed by atoms with van der Waals surface area (Å²) in [6.07, 6.45) is 0.760. The smallest absolute Gasteiger partial charge is 0.242 e. The van der Waals surface area contributed by atoms with Crippen LogP contribution < -0.4 is 20.9 Å². The maximum absolute atomic E-state index is 11.9. The minimum atomic E-state index is -0.221. The summed E-state index contributed by atoms with van der Waals surface area (Å²) < 4.78 is 5.05. The molecule has 6 heteroatoms. The van der Waals surface area contributed by atoms with Gasteiger partial charge < -0.3 is 10.1 Å². The standard InChI is InChI=1S/C12H16ClN3O2/c1-7-5-10(16-15-7)12(17)14-8-3-4-11(18-2)9(13)6-8/h3-4,6-7,10,15-16H,5H2,1-2H3,(H,14,17). The summed E-state index contributed by atoms with van der Waals surface area (Å²) in [5.74, 6) is 0.511. The third kappa shape index (κ3) is 2.93. The summed E-state index contributed by atoms with van der Waals surface area (Å²) in [6.45, 7) is 2.02. The van der Waals surface area contributed by atoms with E-state index in [1.165, 1.54) is 0 Å². The molecule has 1 fully saturated rings. The fourth-order valence-corrected chi connectivity index (χ4v) is 2.12. The van der Waals surface area contributed by atoms with Crippen LogP contribution in [-0.4, -0.2) is 25.1 Å². The molecule has 18 heavy (non-hydrogen) atoms. The lowest BCUT2D eigenvalue weighted by molar-refractivity contribution is -0.117. The lowest BCUT2D eigenvalue weighted by atomic mass is 10.1. The summed E-state index contributed by atoms with van der Waals surface area (Å²) >= 11 is 5.99. The average molecular weight is 270 g/mol. The molecule has 1 aromatic rings. The summed E-state index contributed by atoms with van der Waals surface area (Å²) in [6, 6.07) is 5.22. The lowest BCUT2D eigenvalue weighted by Gasteiger charge is -2.11. The molecule has 2 rings (SSSR count). The van der Waals surface area contributed by atoms with Crippen molar-refractivity contribution in [3.63, 3.8) is 0 Å². The Hall–Kier alpha value is -1.30. The van der Waals surface area contributed by atoms with E-state index >= 15 is 0 Å². The number of amides is 1. The molecule has 0 bridgehead atoms. The van der Waals surface area contributed by atoms with Gasteiger partial charge in [0.2, 0.25) is 5.91 Å². The molecule has 1 heterocycles. The summed E-state index contributed by atoms with van der Waals surface area (Å²) in [7, 11) is 1.55. The van der Waals surface area contributed by atoms with Crippen molar-refractivity contribution in [1.29, 1.82) is 0 Å². The second kappa shape index (κ2) is 5.56. The van der Waals surface area contributed by atoms with E-state index in [9.17, 15) is 4.79 Å². The Morgan fingerprint density at radius 3 is 2.83 bits per heavy atom. The van der Waals surface area contributed by atoms with Gasteiger partial charge in [0.15, 0.2) is 0 Å². The van der Waals surface area contributed by atoms with Crippen LogP contribution in [0.15, 0.2) is 18.2 Å². The number of hydrogen-bond acceptors (Lipinski definition) is 4. The zero-order valence-electron chi connectivity index (χ0n) is 10.3. The van der Waals surface area contributed by atoms with E-state index in [0.717, 1.165) is 6.42 Å². The van der Waals surface area contributed by atoms with Crippen molar-refractivity contribution >= 4 is 23.2 Å². The van der Waals surface area contributed by atoms with Crippen molar-refractivity contribution in [3.05, 3.63) is 23.2 Å². The number of anilines is 1. The number of benzene rings is 1. The highest BCUT2D eigenvalue weighted by molar-refractivity contribution is 6.32. The lowest BCUT2D eigenvalue weighted by Crippen LogP contribution is -2.39. The molecule has 1 saturated heterocycles. The van der Waals surface area contributed by atoms with Crippen LogP contribution in [0.1, 0.15) is 13.3 Å². The highest BCUT2D eigenvalue weighted by atomic mass is 35.5. The number of rotatable bonds is 3. The van der Waals surface area contributed by atoms with Crippen LogP contribution in [0.5, 0.6) is 5.75 Å². The normalized spacial score (nSPS) is 22.8. The van der Waals surface area contributed by atoms with Crippen molar-refractivity contribution in [2.75, 3.05) is 12.4 Å². The predicted molar refractivity (Wildman–Crippen MR) is 70.8 cm³/mol. The second-order valence-electron chi connectivity index (χ2n) is 4.32. The molecule has 0 aliphatic carbocycles. The van der Waals surface area contributed by atoms with Gasteiger partial charge in [0.1, 0.15) is 11.8 Å². The maximum atomic E-state index is 11.9. The van der Waals surface area contributed by atoms with E-state index < -0.39 is 0 Å². The third-order valence-electron chi connectivity index (χ3n) is 2.83. The summed E-state index contributed by atoms with van der Waals surface area (Å²) in [5.41, 5.74) is 6.61. The van der Waals surface area contributed by atoms with Gasteiger partial charge in [0.25, 0.3) is 0 Å². The highest BCUT2D eigenvalue weighted by Crippen LogP contribution is 2.27. The quantitative estimate of drug-likeness (QED) is 0.779. The monoisotopic (exact) mass is 269 g/mol. The zero-order chi connectivity index (χ0) is 13.1. The zero-order valence-corrected chi connectivity index (χ0v) is 11.0. The minimum absolute atomic E-state index is 0.0758. The van der Waals surface area contributed by atoms with Crippen LogP contribution in [0.2, 0.25) is 5.02 Å². The van der Waals surface area contributed by atoms with Gasteiger partial charge in [-0.2, -0.15) is 0 Å². The van der Waals surface area contributed by atoms with E-state index in [1.807, 2.05) is 6.92 Å². The van der Waals surface area contributed by atoms with Gasteiger partial charge in [-0.25, -0.2) is 5.43 Å². The summed E-state index contributed by atoms with van der Waals surface area (Å²) in [5, 5.41) is 3.29. The van der Waals surface area contributed by atoms with Crippen LogP contribution in [-0.2, 0) is 4.79 Å². The highest BCUT2D eigenvalue weighted by Gasteiger charge is 2.26. The van der Waals surface area contributed by atoms with Crippen LogP contribution >= 0.6 is 11.6 Å². The van der Waals surface area contributed by atoms with Crippen molar-refractivity contribution in [1.82, 2.24) is 10.9 Å². The molecule has 1 aromatic carbocycles. The predicted octanol–water partition coefficient (Wildman–Crippen LogP) is 1.54. The molecule has 98 valence electrons. The number of carbonyl (C=O) groups is 1. The van der Waals surface area contributed by atoms with Crippen molar-refractivity contribution in [2.24, 2.45) is 0 Å². The minimum Gasteiger partial charge on any atom is -0.495 e. The topological polar surface area (TPSA) is 62.4 Å². The number of methoxy groups -OCH3 is 1. The molecule has 1 amide bonds. The van der Waals surface area contributed by atoms with Gasteiger partial charge in [0, 0.05) is 11.7 Å². The van der Waals surface area contributed by atoms with E-state index in [-0.39, 0.29) is 11.9 Å². The number of ether oxygens (including phenoxy) is 1. The van der Waals surface area contributed by atoms with Gasteiger partial charge in [-0.3, -0.25) is 10.2 Å². The third-order valence-corrected chi connectivity index (χ3v) is 3.12. The van der Waals surface area contributed by atoms with Gasteiger partial charge in [-0.05, 0) is 31.5 Å². The number of hydrogen-bond donors (Lipinski definition) is 3. The molecule has 3 N–H and O–H groups in total. The summed E-state index contributed by atoms with van der Waals surface area (Å²) in [4.78, 5) is 11.9. The first-order valence-corrected chi connectivity index (χ1v) is 6.13. The molecule has 1 aliphatic heterocycles. The van der Waals surface area contributed by atoms with E-state index in [2.05, 4.69) is 16.2 Å². The Balaban J connectivity index is 2.01. The first-order chi connectivity index (χ1) is 8.60. The average Bonchev–Trinajstić information content (AvgIpc) is 2.76. The molecule has 2 unspecified atom stereocenters. The molecular formula is C12H16ClN3O2. The van der Waals surface area contributed by atoms with Crippen LogP contribution in [0.25, 0.3) is 0 Å². The van der Waals surface area contributed by atoms with E-state index in [0.29, 0.717) is 22.5 Å². The maximum Gasteiger partial charge on any atom is 0.242 e. The van der Waals surface area contributed by atoms with Crippen molar-refractivity contribution in [2.45, 2.75) is 25.4 Å². The van der Waals surface area contributed by atoms with E-state index in [4.69, 9.17) is 16.3 Å². The molecule has 1 aliphatic rings. The van der Waals surface area contributed by atoms with Crippen molar-refractivity contribution < 1.29 is 9.53 Å². The van der Waals surface area contributed by atoms with Gasteiger partial charge in [-0.1, -0.05) is 11.6 Å². The van der Waals surface area contributed by atoms with Crippen LogP contribution in [0.4, 0.5) is 5.69 Å². The Bertz CT molecular complexity index is 453. The Morgan fingerprint density at radius 2 is 2.28 bits per heavy atom. The molecule has 5 nitrogen and oxygen atoms in total. The van der Waals surface area contributed by atoms with Gasteiger partial charge in [0.05, 0.1) is 12.1 Å². The molecule has 0 saturated carbocycles. The Morgan fingerprint density at radius 1 is 1.50 bits per heavy atom. The molecule has 0 spiro atoms. The molecule has 0 radical (unpaired) electrons. The molecule has 0 aromatic heterocycles. The Kier molecular flexibility index (Phi) is 4.06. The largest absolute Gasteiger partial charge is 0.495 e. The number of carbonyl (C=O) groups excluding carboxylic acids is 1. The van der Waals surface area contributed by atoms with E-state index in [1.54, 1.807) is 25.3 Å². The number of nitrogens with one attached hydrogen (secondary N) is 3.